The summed E-state index contributed by atoms with van der Waals surface area (Å²) < 4.78 is 4.37. The predicted molar refractivity (Wildman–Crippen MR) is 107 cm³/mol. The van der Waals surface area contributed by atoms with Crippen molar-refractivity contribution in [1.82, 2.24) is 0 Å². The van der Waals surface area contributed by atoms with Crippen molar-refractivity contribution in [2.24, 2.45) is 11.8 Å². The Balaban J connectivity index is 2.39. The second-order valence-electron chi connectivity index (χ2n) is 7.75. The lowest BCUT2D eigenvalue weighted by atomic mass is 9.86. The van der Waals surface area contributed by atoms with Gasteiger partial charge in [0.25, 0.3) is 0 Å². The van der Waals surface area contributed by atoms with E-state index in [1.807, 2.05) is 12.2 Å². The Kier molecular flexibility index (Phi) is 11.9. The minimum absolute atomic E-state index is 0.0871. The van der Waals surface area contributed by atoms with Gasteiger partial charge < -0.3 is 14.9 Å². The van der Waals surface area contributed by atoms with Crippen LogP contribution in [0, 0.1) is 11.8 Å². The normalized spacial score (nSPS) is 24.6. The SMILES string of the molecule is CCCCCCC(=O)CC[C@@H]1[C@@H](CC=CCCC(=O)C(=O)OC)[C@@H](O)C[C@H]1O. The first-order valence-electron chi connectivity index (χ1n) is 10.5. The van der Waals surface area contributed by atoms with Crippen LogP contribution >= 0.6 is 0 Å². The average molecular weight is 397 g/mol. The number of ketones is 2. The lowest BCUT2D eigenvalue weighted by Gasteiger charge is -2.22. The summed E-state index contributed by atoms with van der Waals surface area (Å²) in [5.41, 5.74) is 0. The molecule has 0 amide bonds. The van der Waals surface area contributed by atoms with Crippen molar-refractivity contribution in [2.45, 2.75) is 89.8 Å². The third-order valence-corrected chi connectivity index (χ3v) is 5.61. The molecule has 1 aliphatic rings. The second kappa shape index (κ2) is 13.6. The molecule has 0 aromatic rings. The third-order valence-electron chi connectivity index (χ3n) is 5.61. The number of methoxy groups -OCH3 is 1. The molecule has 0 bridgehead atoms. The molecule has 2 N–H and O–H groups in total. The summed E-state index contributed by atoms with van der Waals surface area (Å²) >= 11 is 0. The fourth-order valence-electron chi connectivity index (χ4n) is 3.91. The van der Waals surface area contributed by atoms with Gasteiger partial charge in [-0.2, -0.15) is 0 Å². The molecule has 1 fully saturated rings. The number of hydrogen-bond donors (Lipinski definition) is 2. The molecule has 28 heavy (non-hydrogen) atoms. The van der Waals surface area contributed by atoms with Crippen LogP contribution in [-0.4, -0.2) is 47.1 Å². The second-order valence-corrected chi connectivity index (χ2v) is 7.75. The maximum absolute atomic E-state index is 12.1. The highest BCUT2D eigenvalue weighted by Crippen LogP contribution is 2.38. The number of esters is 1. The molecule has 0 spiro atoms. The van der Waals surface area contributed by atoms with Crippen LogP contribution in [0.25, 0.3) is 0 Å². The maximum Gasteiger partial charge on any atom is 0.374 e. The number of carbonyl (C=O) groups is 3. The molecule has 6 heteroatoms. The van der Waals surface area contributed by atoms with E-state index in [1.54, 1.807) is 0 Å². The number of aliphatic hydroxyl groups excluding tert-OH is 2. The van der Waals surface area contributed by atoms with Crippen molar-refractivity contribution in [3.05, 3.63) is 12.2 Å². The molecular weight excluding hydrogens is 360 g/mol. The van der Waals surface area contributed by atoms with Crippen LogP contribution in [0.15, 0.2) is 12.2 Å². The minimum atomic E-state index is -0.831. The van der Waals surface area contributed by atoms with Gasteiger partial charge in [0.2, 0.25) is 5.78 Å². The lowest BCUT2D eigenvalue weighted by molar-refractivity contribution is -0.151. The van der Waals surface area contributed by atoms with E-state index in [-0.39, 0.29) is 24.0 Å². The number of carbonyl (C=O) groups excluding carboxylic acids is 3. The molecule has 1 rings (SSSR count). The molecule has 6 nitrogen and oxygen atoms in total. The zero-order chi connectivity index (χ0) is 20.9. The molecule has 0 aromatic carbocycles. The monoisotopic (exact) mass is 396 g/mol. The van der Waals surface area contributed by atoms with Gasteiger partial charge in [-0.15, -0.1) is 0 Å². The van der Waals surface area contributed by atoms with E-state index in [1.165, 1.54) is 7.11 Å². The van der Waals surface area contributed by atoms with E-state index >= 15 is 0 Å². The number of hydrogen-bond acceptors (Lipinski definition) is 6. The zero-order valence-electron chi connectivity index (χ0n) is 17.3. The van der Waals surface area contributed by atoms with E-state index in [4.69, 9.17) is 0 Å². The van der Waals surface area contributed by atoms with Crippen LogP contribution in [-0.2, 0) is 19.1 Å². The molecule has 1 saturated carbocycles. The maximum atomic E-state index is 12.1. The number of Topliss-reactive ketones (excluding diaryl/α,β-unsaturated/α-hetero) is 2. The van der Waals surface area contributed by atoms with Crippen LogP contribution in [0.2, 0.25) is 0 Å². The van der Waals surface area contributed by atoms with Gasteiger partial charge in [0.15, 0.2) is 0 Å². The first kappa shape index (κ1) is 24.5. The summed E-state index contributed by atoms with van der Waals surface area (Å²) in [6.45, 7) is 2.14. The van der Waals surface area contributed by atoms with E-state index in [2.05, 4.69) is 11.7 Å². The minimum Gasteiger partial charge on any atom is -0.463 e. The summed E-state index contributed by atoms with van der Waals surface area (Å²) in [5.74, 6) is -1.33. The standard InChI is InChI=1S/C22H36O6/c1-3-4-5-7-10-16(23)13-14-18-17(20(25)15-21(18)26)11-8-6-9-12-19(24)22(27)28-2/h6,8,17-18,20-21,25-26H,3-5,7,9-15H2,1-2H3/t17-,18-,20+,21-/m1/s1. The Morgan fingerprint density at radius 3 is 2.36 bits per heavy atom. The molecule has 4 atom stereocenters. The smallest absolute Gasteiger partial charge is 0.374 e. The van der Waals surface area contributed by atoms with Gasteiger partial charge in [0.05, 0.1) is 19.3 Å². The number of rotatable bonds is 14. The van der Waals surface area contributed by atoms with Crippen molar-refractivity contribution in [3.63, 3.8) is 0 Å². The van der Waals surface area contributed by atoms with Crippen LogP contribution in [0.3, 0.4) is 0 Å². The molecule has 0 aromatic heterocycles. The fourth-order valence-corrected chi connectivity index (χ4v) is 3.91. The van der Waals surface area contributed by atoms with E-state index < -0.39 is 24.0 Å². The van der Waals surface area contributed by atoms with Crippen molar-refractivity contribution < 1.29 is 29.3 Å². The van der Waals surface area contributed by atoms with Gasteiger partial charge in [0, 0.05) is 19.3 Å². The Morgan fingerprint density at radius 1 is 0.964 bits per heavy atom. The highest BCUT2D eigenvalue weighted by Gasteiger charge is 2.40. The zero-order valence-corrected chi connectivity index (χ0v) is 17.3. The van der Waals surface area contributed by atoms with E-state index in [9.17, 15) is 24.6 Å². The van der Waals surface area contributed by atoms with Gasteiger partial charge in [-0.3, -0.25) is 9.59 Å². The van der Waals surface area contributed by atoms with Crippen LogP contribution in [0.1, 0.15) is 77.6 Å². The Labute approximate surface area is 168 Å². The quantitative estimate of drug-likeness (QED) is 0.202. The lowest BCUT2D eigenvalue weighted by Crippen LogP contribution is -2.22. The molecule has 0 unspecified atom stereocenters. The fraction of sp³-hybridized carbons (Fsp3) is 0.773. The highest BCUT2D eigenvalue weighted by atomic mass is 16.5. The molecule has 160 valence electrons. The summed E-state index contributed by atoms with van der Waals surface area (Å²) in [7, 11) is 1.18. The summed E-state index contributed by atoms with van der Waals surface area (Å²) in [5, 5.41) is 20.5. The van der Waals surface area contributed by atoms with Crippen molar-refractivity contribution >= 4 is 17.5 Å². The first-order valence-corrected chi connectivity index (χ1v) is 10.5. The number of ether oxygens (including phenoxy) is 1. The van der Waals surface area contributed by atoms with E-state index in [0.29, 0.717) is 38.5 Å². The summed E-state index contributed by atoms with van der Waals surface area (Å²) in [4.78, 5) is 34.5. The van der Waals surface area contributed by atoms with Gasteiger partial charge in [0.1, 0.15) is 5.78 Å². The highest BCUT2D eigenvalue weighted by molar-refractivity contribution is 6.33. The van der Waals surface area contributed by atoms with Crippen LogP contribution in [0.4, 0.5) is 0 Å². The topological polar surface area (TPSA) is 101 Å². The molecule has 1 aliphatic carbocycles. The van der Waals surface area contributed by atoms with Crippen LogP contribution in [0.5, 0.6) is 0 Å². The van der Waals surface area contributed by atoms with Gasteiger partial charge in [-0.05, 0) is 43.9 Å². The molecular formula is C22H36O6. The Morgan fingerprint density at radius 2 is 1.68 bits per heavy atom. The summed E-state index contributed by atoms with van der Waals surface area (Å²) in [6, 6.07) is 0. The third kappa shape index (κ3) is 8.65. The van der Waals surface area contributed by atoms with E-state index in [0.717, 1.165) is 25.7 Å². The van der Waals surface area contributed by atoms with Crippen molar-refractivity contribution in [1.29, 1.82) is 0 Å². The van der Waals surface area contributed by atoms with Crippen molar-refractivity contribution in [2.75, 3.05) is 7.11 Å². The molecule has 0 radical (unpaired) electrons. The first-order chi connectivity index (χ1) is 13.4. The van der Waals surface area contributed by atoms with Crippen molar-refractivity contribution in [3.8, 4) is 0 Å². The van der Waals surface area contributed by atoms with Gasteiger partial charge >= 0.3 is 5.97 Å². The Hall–Kier alpha value is -1.53. The molecule has 0 heterocycles. The van der Waals surface area contributed by atoms with Crippen LogP contribution < -0.4 is 0 Å². The summed E-state index contributed by atoms with van der Waals surface area (Å²) in [6.07, 6.45) is 9.95. The molecule has 0 aliphatic heterocycles. The number of allylic oxidation sites excluding steroid dienone is 2. The van der Waals surface area contributed by atoms with Gasteiger partial charge in [-0.1, -0.05) is 38.3 Å². The van der Waals surface area contributed by atoms with Gasteiger partial charge in [-0.25, -0.2) is 4.79 Å². The number of unbranched alkanes of at least 4 members (excludes halogenated alkanes) is 3. The predicted octanol–water partition coefficient (Wildman–Crippen LogP) is 3.13. The largest absolute Gasteiger partial charge is 0.463 e. The molecule has 0 saturated heterocycles. The average Bonchev–Trinajstić information content (AvgIpc) is 2.95. The number of aliphatic hydroxyl groups is 2. The Bertz CT molecular complexity index is 527.